The second-order valence-corrected chi connectivity index (χ2v) is 7.54. The summed E-state index contributed by atoms with van der Waals surface area (Å²) >= 11 is 0. The zero-order chi connectivity index (χ0) is 19.7. The van der Waals surface area contributed by atoms with Crippen molar-refractivity contribution >= 4 is 5.91 Å². The van der Waals surface area contributed by atoms with Crippen LogP contribution in [0.1, 0.15) is 90.5 Å². The SMILES string of the molecule is CCCCC(=CCCCN(CCCCc1cccnc1)C(C)=O)CCCC. The summed E-state index contributed by atoms with van der Waals surface area (Å²) < 4.78 is 0. The molecule has 0 aliphatic carbocycles. The smallest absolute Gasteiger partial charge is 0.219 e. The molecule has 3 nitrogen and oxygen atoms in total. The van der Waals surface area contributed by atoms with E-state index >= 15 is 0 Å². The molecule has 1 rings (SSSR count). The molecular weight excluding hydrogens is 332 g/mol. The Balaban J connectivity index is 2.29. The average molecular weight is 373 g/mol. The second kappa shape index (κ2) is 15.4. The van der Waals surface area contributed by atoms with Crippen LogP contribution in [0.3, 0.4) is 0 Å². The quantitative estimate of drug-likeness (QED) is 0.266. The van der Waals surface area contributed by atoms with Gasteiger partial charge in [-0.15, -0.1) is 0 Å². The predicted molar refractivity (Wildman–Crippen MR) is 116 cm³/mol. The standard InChI is InChI=1S/C24H40N2O/c1-4-6-13-23(14-7-5-2)15-8-10-19-26(22(3)27)20-11-9-16-24-17-12-18-25-21-24/h12,15,17-18,21H,4-11,13-14,16,19-20H2,1-3H3. The molecule has 0 saturated heterocycles. The Hall–Kier alpha value is -1.64. The van der Waals surface area contributed by atoms with Crippen molar-refractivity contribution in [2.24, 2.45) is 0 Å². The fraction of sp³-hybridized carbons (Fsp3) is 0.667. The maximum Gasteiger partial charge on any atom is 0.219 e. The number of allylic oxidation sites excluding steroid dienone is 2. The van der Waals surface area contributed by atoms with Crippen molar-refractivity contribution in [3.8, 4) is 0 Å². The van der Waals surface area contributed by atoms with Gasteiger partial charge >= 0.3 is 0 Å². The Morgan fingerprint density at radius 2 is 1.74 bits per heavy atom. The van der Waals surface area contributed by atoms with Crippen LogP contribution in [0.2, 0.25) is 0 Å². The number of carbonyl (C=O) groups excluding carboxylic acids is 1. The Morgan fingerprint density at radius 1 is 1.04 bits per heavy atom. The molecule has 1 aromatic heterocycles. The van der Waals surface area contributed by atoms with E-state index in [1.54, 1.807) is 12.5 Å². The molecule has 0 unspecified atom stereocenters. The lowest BCUT2D eigenvalue weighted by atomic mass is 10.0. The summed E-state index contributed by atoms with van der Waals surface area (Å²) in [5.41, 5.74) is 2.91. The first-order chi connectivity index (χ1) is 13.2. The van der Waals surface area contributed by atoms with Crippen molar-refractivity contribution in [2.75, 3.05) is 13.1 Å². The van der Waals surface area contributed by atoms with E-state index < -0.39 is 0 Å². The minimum Gasteiger partial charge on any atom is -0.343 e. The molecule has 0 aliphatic rings. The number of aryl methyl sites for hydroxylation is 1. The topological polar surface area (TPSA) is 33.2 Å². The van der Waals surface area contributed by atoms with E-state index in [9.17, 15) is 4.79 Å². The third kappa shape index (κ3) is 11.6. The monoisotopic (exact) mass is 372 g/mol. The Kier molecular flexibility index (Phi) is 13.4. The zero-order valence-electron chi connectivity index (χ0n) is 17.9. The van der Waals surface area contributed by atoms with Gasteiger partial charge in [0.05, 0.1) is 0 Å². The minimum atomic E-state index is 0.206. The first-order valence-electron chi connectivity index (χ1n) is 11.0. The van der Waals surface area contributed by atoms with Crippen LogP contribution in [0.4, 0.5) is 0 Å². The number of aromatic nitrogens is 1. The van der Waals surface area contributed by atoms with Crippen LogP contribution in [-0.4, -0.2) is 28.9 Å². The normalized spacial score (nSPS) is 10.6. The highest BCUT2D eigenvalue weighted by Gasteiger charge is 2.07. The molecule has 0 spiro atoms. The number of hydrogen-bond donors (Lipinski definition) is 0. The van der Waals surface area contributed by atoms with Crippen molar-refractivity contribution < 1.29 is 4.79 Å². The minimum absolute atomic E-state index is 0.206. The van der Waals surface area contributed by atoms with Gasteiger partial charge in [0.15, 0.2) is 0 Å². The van der Waals surface area contributed by atoms with Crippen LogP contribution < -0.4 is 0 Å². The fourth-order valence-electron chi connectivity index (χ4n) is 3.33. The van der Waals surface area contributed by atoms with Gasteiger partial charge in [-0.25, -0.2) is 0 Å². The van der Waals surface area contributed by atoms with Gasteiger partial charge in [-0.05, 0) is 69.4 Å². The molecule has 0 N–H and O–H groups in total. The molecule has 0 aromatic carbocycles. The molecule has 0 radical (unpaired) electrons. The highest BCUT2D eigenvalue weighted by atomic mass is 16.2. The van der Waals surface area contributed by atoms with Gasteiger partial charge in [0, 0.05) is 32.4 Å². The number of carbonyl (C=O) groups is 1. The molecular formula is C24H40N2O. The van der Waals surface area contributed by atoms with Crippen LogP contribution in [0.5, 0.6) is 0 Å². The molecule has 0 fully saturated rings. The summed E-state index contributed by atoms with van der Waals surface area (Å²) in [5, 5.41) is 0. The lowest BCUT2D eigenvalue weighted by molar-refractivity contribution is -0.129. The summed E-state index contributed by atoms with van der Waals surface area (Å²) in [5.74, 6) is 0.206. The number of nitrogens with zero attached hydrogens (tertiary/aromatic N) is 2. The van der Waals surface area contributed by atoms with Crippen LogP contribution in [0.25, 0.3) is 0 Å². The van der Waals surface area contributed by atoms with Crippen LogP contribution in [0.15, 0.2) is 36.2 Å². The van der Waals surface area contributed by atoms with E-state index in [1.165, 1.54) is 44.1 Å². The van der Waals surface area contributed by atoms with Crippen molar-refractivity contribution in [1.82, 2.24) is 9.88 Å². The number of pyridine rings is 1. The first-order valence-corrected chi connectivity index (χ1v) is 11.0. The lowest BCUT2D eigenvalue weighted by Gasteiger charge is -2.21. The van der Waals surface area contributed by atoms with E-state index in [2.05, 4.69) is 31.0 Å². The maximum atomic E-state index is 11.9. The van der Waals surface area contributed by atoms with E-state index in [4.69, 9.17) is 0 Å². The van der Waals surface area contributed by atoms with E-state index in [0.717, 1.165) is 45.2 Å². The summed E-state index contributed by atoms with van der Waals surface area (Å²) in [4.78, 5) is 18.1. The highest BCUT2D eigenvalue weighted by Crippen LogP contribution is 2.16. The first kappa shape index (κ1) is 23.4. The largest absolute Gasteiger partial charge is 0.343 e. The number of rotatable bonds is 15. The van der Waals surface area contributed by atoms with Crippen LogP contribution in [0, 0.1) is 0 Å². The fourth-order valence-corrected chi connectivity index (χ4v) is 3.33. The predicted octanol–water partition coefficient (Wildman–Crippen LogP) is 6.34. The Labute approximate surface area is 167 Å². The van der Waals surface area contributed by atoms with Crippen molar-refractivity contribution in [3.05, 3.63) is 41.7 Å². The number of amides is 1. The second-order valence-electron chi connectivity index (χ2n) is 7.54. The third-order valence-corrected chi connectivity index (χ3v) is 5.08. The molecule has 27 heavy (non-hydrogen) atoms. The molecule has 1 amide bonds. The van der Waals surface area contributed by atoms with Gasteiger partial charge in [0.25, 0.3) is 0 Å². The maximum absolute atomic E-state index is 11.9. The van der Waals surface area contributed by atoms with E-state index in [1.807, 2.05) is 23.4 Å². The summed E-state index contributed by atoms with van der Waals surface area (Å²) in [6.07, 6.45) is 19.2. The summed E-state index contributed by atoms with van der Waals surface area (Å²) in [6.45, 7) is 7.98. The van der Waals surface area contributed by atoms with E-state index in [0.29, 0.717) is 0 Å². The molecule has 0 atom stereocenters. The molecule has 152 valence electrons. The van der Waals surface area contributed by atoms with Gasteiger partial charge in [-0.2, -0.15) is 0 Å². The molecule has 0 saturated carbocycles. The van der Waals surface area contributed by atoms with Gasteiger partial charge in [0.2, 0.25) is 5.91 Å². The number of hydrogen-bond acceptors (Lipinski definition) is 2. The average Bonchev–Trinajstić information content (AvgIpc) is 2.68. The Morgan fingerprint density at radius 3 is 2.33 bits per heavy atom. The highest BCUT2D eigenvalue weighted by molar-refractivity contribution is 5.73. The van der Waals surface area contributed by atoms with Crippen molar-refractivity contribution in [2.45, 2.75) is 91.4 Å². The molecule has 3 heteroatoms. The van der Waals surface area contributed by atoms with E-state index in [-0.39, 0.29) is 5.91 Å². The van der Waals surface area contributed by atoms with Gasteiger partial charge in [-0.3, -0.25) is 9.78 Å². The summed E-state index contributed by atoms with van der Waals surface area (Å²) in [6, 6.07) is 4.11. The molecule has 0 aliphatic heterocycles. The lowest BCUT2D eigenvalue weighted by Crippen LogP contribution is -2.30. The zero-order valence-corrected chi connectivity index (χ0v) is 17.9. The Bertz CT molecular complexity index is 514. The van der Waals surface area contributed by atoms with Gasteiger partial charge in [0.1, 0.15) is 0 Å². The van der Waals surface area contributed by atoms with Crippen molar-refractivity contribution in [1.29, 1.82) is 0 Å². The molecule has 0 bridgehead atoms. The summed E-state index contributed by atoms with van der Waals surface area (Å²) in [7, 11) is 0. The molecule has 1 heterocycles. The van der Waals surface area contributed by atoms with Crippen LogP contribution in [-0.2, 0) is 11.2 Å². The van der Waals surface area contributed by atoms with Gasteiger partial charge < -0.3 is 4.90 Å². The van der Waals surface area contributed by atoms with Crippen molar-refractivity contribution in [3.63, 3.8) is 0 Å². The van der Waals surface area contributed by atoms with Crippen LogP contribution >= 0.6 is 0 Å². The molecule has 1 aromatic rings. The van der Waals surface area contributed by atoms with Gasteiger partial charge in [-0.1, -0.05) is 44.4 Å². The third-order valence-electron chi connectivity index (χ3n) is 5.08. The number of unbranched alkanes of at least 4 members (excludes halogenated alkanes) is 4.